The van der Waals surface area contributed by atoms with Gasteiger partial charge in [-0.05, 0) is 50.2 Å². The quantitative estimate of drug-likeness (QED) is 0.895. The monoisotopic (exact) mass is 295 g/mol. The van der Waals surface area contributed by atoms with Gasteiger partial charge in [0.1, 0.15) is 5.75 Å². The summed E-state index contributed by atoms with van der Waals surface area (Å²) in [6, 6.07) is 15.5. The van der Waals surface area contributed by atoms with Gasteiger partial charge in [-0.25, -0.2) is 4.79 Å². The maximum absolute atomic E-state index is 12.0. The van der Waals surface area contributed by atoms with Gasteiger partial charge in [-0.15, -0.1) is 0 Å². The second kappa shape index (κ2) is 7.14. The minimum atomic E-state index is -0.371. The third kappa shape index (κ3) is 4.25. The molecule has 0 aliphatic rings. The van der Waals surface area contributed by atoms with Crippen LogP contribution in [0.4, 0.5) is 16.2 Å². The summed E-state index contributed by atoms with van der Waals surface area (Å²) in [5.74, 6) is 0.618. The zero-order valence-corrected chi connectivity index (χ0v) is 12.5. The Morgan fingerprint density at radius 3 is 2.41 bits per heavy atom. The van der Waals surface area contributed by atoms with Gasteiger partial charge in [0.25, 0.3) is 0 Å². The van der Waals surface area contributed by atoms with Crippen molar-refractivity contribution in [1.29, 1.82) is 5.26 Å². The van der Waals surface area contributed by atoms with Crippen LogP contribution in [-0.2, 0) is 0 Å². The van der Waals surface area contributed by atoms with Crippen LogP contribution < -0.4 is 15.4 Å². The second-order valence-electron chi connectivity index (χ2n) is 4.93. The van der Waals surface area contributed by atoms with Crippen molar-refractivity contribution in [2.45, 2.75) is 20.0 Å². The molecule has 0 radical (unpaired) electrons. The van der Waals surface area contributed by atoms with E-state index < -0.39 is 0 Å². The van der Waals surface area contributed by atoms with Gasteiger partial charge in [0.2, 0.25) is 0 Å². The largest absolute Gasteiger partial charge is 0.489 e. The van der Waals surface area contributed by atoms with Crippen LogP contribution in [-0.4, -0.2) is 12.1 Å². The van der Waals surface area contributed by atoms with Gasteiger partial charge in [-0.2, -0.15) is 5.26 Å². The van der Waals surface area contributed by atoms with E-state index in [-0.39, 0.29) is 12.1 Å². The van der Waals surface area contributed by atoms with E-state index in [4.69, 9.17) is 10.00 Å². The zero-order valence-electron chi connectivity index (χ0n) is 12.5. The number of carbonyl (C=O) groups excluding carboxylic acids is 1. The number of hydrogen-bond acceptors (Lipinski definition) is 3. The van der Waals surface area contributed by atoms with Gasteiger partial charge in [0.05, 0.1) is 23.4 Å². The fraction of sp³-hybridized carbons (Fsp3) is 0.176. The molecule has 22 heavy (non-hydrogen) atoms. The lowest BCUT2D eigenvalue weighted by atomic mass is 10.2. The molecule has 0 bridgehead atoms. The van der Waals surface area contributed by atoms with Gasteiger partial charge in [0.15, 0.2) is 0 Å². The molecule has 5 heteroatoms. The summed E-state index contributed by atoms with van der Waals surface area (Å²) >= 11 is 0. The molecule has 0 atom stereocenters. The van der Waals surface area contributed by atoms with Crippen LogP contribution in [0.15, 0.2) is 48.5 Å². The number of benzene rings is 2. The Kier molecular flexibility index (Phi) is 4.99. The summed E-state index contributed by atoms with van der Waals surface area (Å²) < 4.78 is 5.65. The number of nitrogens with one attached hydrogen (secondary N) is 2. The first kappa shape index (κ1) is 15.4. The van der Waals surface area contributed by atoms with Crippen LogP contribution in [0.25, 0.3) is 0 Å². The molecule has 0 saturated carbocycles. The number of para-hydroxylation sites is 2. The maximum atomic E-state index is 12.0. The zero-order chi connectivity index (χ0) is 15.9. The summed E-state index contributed by atoms with van der Waals surface area (Å²) in [7, 11) is 0. The number of hydrogen-bond donors (Lipinski definition) is 2. The molecule has 2 aromatic carbocycles. The van der Waals surface area contributed by atoms with Crippen molar-refractivity contribution in [3.8, 4) is 11.8 Å². The molecule has 5 nitrogen and oxygen atoms in total. The van der Waals surface area contributed by atoms with Crippen molar-refractivity contribution >= 4 is 17.4 Å². The molecule has 0 aliphatic carbocycles. The predicted octanol–water partition coefficient (Wildman–Crippen LogP) is 3.99. The highest BCUT2D eigenvalue weighted by Gasteiger charge is 2.08. The van der Waals surface area contributed by atoms with Crippen LogP contribution in [0.3, 0.4) is 0 Å². The van der Waals surface area contributed by atoms with Crippen molar-refractivity contribution in [3.63, 3.8) is 0 Å². The number of urea groups is 1. The summed E-state index contributed by atoms with van der Waals surface area (Å²) in [6.07, 6.45) is 0.0181. The van der Waals surface area contributed by atoms with E-state index >= 15 is 0 Å². The van der Waals surface area contributed by atoms with Gasteiger partial charge in [0, 0.05) is 5.69 Å². The predicted molar refractivity (Wildman–Crippen MR) is 86.0 cm³/mol. The van der Waals surface area contributed by atoms with Crippen molar-refractivity contribution in [2.24, 2.45) is 0 Å². The summed E-state index contributed by atoms with van der Waals surface area (Å²) in [6.45, 7) is 3.85. The van der Waals surface area contributed by atoms with E-state index in [9.17, 15) is 4.79 Å². The van der Waals surface area contributed by atoms with Crippen molar-refractivity contribution in [1.82, 2.24) is 0 Å². The van der Waals surface area contributed by atoms with E-state index in [1.54, 1.807) is 36.4 Å². The van der Waals surface area contributed by atoms with Crippen LogP contribution >= 0.6 is 0 Å². The lowest BCUT2D eigenvalue weighted by Gasteiger charge is -2.15. The highest BCUT2D eigenvalue weighted by molar-refractivity contribution is 6.00. The number of carbonyl (C=O) groups is 1. The van der Waals surface area contributed by atoms with Gasteiger partial charge in [-0.3, -0.25) is 0 Å². The molecule has 0 saturated heterocycles. The average molecular weight is 295 g/mol. The normalized spacial score (nSPS) is 9.91. The number of nitriles is 1. The molecule has 0 aromatic heterocycles. The number of anilines is 2. The Labute approximate surface area is 129 Å². The molecular formula is C17H17N3O2. The first-order valence-corrected chi connectivity index (χ1v) is 6.92. The lowest BCUT2D eigenvalue weighted by molar-refractivity contribution is 0.243. The SMILES string of the molecule is CC(C)Oc1ccccc1NC(=O)Nc1ccc(C#N)cc1. The van der Waals surface area contributed by atoms with Crippen LogP contribution in [0.5, 0.6) is 5.75 Å². The smallest absolute Gasteiger partial charge is 0.323 e. The molecule has 2 amide bonds. The molecule has 0 fully saturated rings. The second-order valence-corrected chi connectivity index (χ2v) is 4.93. The molecule has 2 rings (SSSR count). The molecule has 0 aliphatic heterocycles. The van der Waals surface area contributed by atoms with Crippen LogP contribution in [0.2, 0.25) is 0 Å². The van der Waals surface area contributed by atoms with Crippen molar-refractivity contribution in [3.05, 3.63) is 54.1 Å². The van der Waals surface area contributed by atoms with E-state index in [0.717, 1.165) is 0 Å². The Bertz CT molecular complexity index is 688. The Morgan fingerprint density at radius 1 is 1.09 bits per heavy atom. The lowest BCUT2D eigenvalue weighted by Crippen LogP contribution is -2.20. The van der Waals surface area contributed by atoms with Crippen LogP contribution in [0, 0.1) is 11.3 Å². The minimum absolute atomic E-state index is 0.0181. The Balaban J connectivity index is 2.04. The molecule has 0 unspecified atom stereocenters. The Morgan fingerprint density at radius 2 is 1.77 bits per heavy atom. The van der Waals surface area contributed by atoms with E-state index in [2.05, 4.69) is 10.6 Å². The summed E-state index contributed by atoms with van der Waals surface area (Å²) in [5.41, 5.74) is 1.75. The molecule has 2 N–H and O–H groups in total. The fourth-order valence-corrected chi connectivity index (χ4v) is 1.84. The van der Waals surface area contributed by atoms with Gasteiger partial charge >= 0.3 is 6.03 Å². The number of ether oxygens (including phenoxy) is 1. The molecule has 112 valence electrons. The third-order valence-corrected chi connectivity index (χ3v) is 2.77. The Hall–Kier alpha value is -3.00. The molecule has 0 heterocycles. The minimum Gasteiger partial charge on any atom is -0.489 e. The number of rotatable bonds is 4. The van der Waals surface area contributed by atoms with Crippen LogP contribution in [0.1, 0.15) is 19.4 Å². The van der Waals surface area contributed by atoms with Crippen molar-refractivity contribution < 1.29 is 9.53 Å². The molecule has 0 spiro atoms. The molecule has 2 aromatic rings. The standard InChI is InChI=1S/C17H17N3O2/c1-12(2)22-16-6-4-3-5-15(16)20-17(21)19-14-9-7-13(11-18)8-10-14/h3-10,12H,1-2H3,(H2,19,20,21). The average Bonchev–Trinajstić information content (AvgIpc) is 2.49. The van der Waals surface area contributed by atoms with E-state index in [1.807, 2.05) is 32.0 Å². The number of amides is 2. The summed E-state index contributed by atoms with van der Waals surface area (Å²) in [4.78, 5) is 12.0. The van der Waals surface area contributed by atoms with E-state index in [1.165, 1.54) is 0 Å². The highest BCUT2D eigenvalue weighted by Crippen LogP contribution is 2.25. The maximum Gasteiger partial charge on any atom is 0.323 e. The van der Waals surface area contributed by atoms with Gasteiger partial charge in [-0.1, -0.05) is 12.1 Å². The number of nitrogens with zero attached hydrogens (tertiary/aromatic N) is 1. The first-order valence-electron chi connectivity index (χ1n) is 6.92. The topological polar surface area (TPSA) is 74.2 Å². The fourth-order valence-electron chi connectivity index (χ4n) is 1.84. The van der Waals surface area contributed by atoms with E-state index in [0.29, 0.717) is 22.7 Å². The highest BCUT2D eigenvalue weighted by atomic mass is 16.5. The first-order chi connectivity index (χ1) is 10.6. The summed E-state index contributed by atoms with van der Waals surface area (Å²) in [5, 5.41) is 14.2. The van der Waals surface area contributed by atoms with Gasteiger partial charge < -0.3 is 15.4 Å². The van der Waals surface area contributed by atoms with Crippen molar-refractivity contribution in [2.75, 3.05) is 10.6 Å². The molecular weight excluding hydrogens is 278 g/mol. The third-order valence-electron chi connectivity index (χ3n) is 2.77.